The minimum absolute atomic E-state index is 0.143. The topological polar surface area (TPSA) is 86.7 Å². The molecule has 0 unspecified atom stereocenters. The Morgan fingerprint density at radius 1 is 1.42 bits per heavy atom. The fraction of sp³-hybridized carbons (Fsp3) is 0.714. The Kier molecular flexibility index (Phi) is 6.86. The minimum Gasteiger partial charge on any atom is -0.357 e. The molecule has 1 aromatic heterocycles. The van der Waals surface area contributed by atoms with Crippen LogP contribution in [0.5, 0.6) is 0 Å². The Hall–Kier alpha value is -1.40. The van der Waals surface area contributed by atoms with Gasteiger partial charge in [-0.25, -0.2) is 18.4 Å². The van der Waals surface area contributed by atoms with Crippen LogP contribution >= 0.6 is 11.3 Å². The number of aliphatic imine (C=N–C) groups is 1. The Balaban J connectivity index is 1.94. The highest BCUT2D eigenvalue weighted by Crippen LogP contribution is 2.28. The molecule has 1 aromatic rings. The van der Waals surface area contributed by atoms with Crippen LogP contribution in [0.15, 0.2) is 10.5 Å². The van der Waals surface area contributed by atoms with Crippen molar-refractivity contribution in [1.82, 2.24) is 19.9 Å². The van der Waals surface area contributed by atoms with Crippen molar-refractivity contribution in [3.63, 3.8) is 0 Å². The molecule has 2 N–H and O–H groups in total. The molecule has 0 spiro atoms. The van der Waals surface area contributed by atoms with E-state index in [-0.39, 0.29) is 32.0 Å². The van der Waals surface area contributed by atoms with Crippen LogP contribution in [0, 0.1) is 6.92 Å². The van der Waals surface area contributed by atoms with Gasteiger partial charge in [0, 0.05) is 30.6 Å². The van der Waals surface area contributed by atoms with Crippen LogP contribution in [-0.4, -0.2) is 54.9 Å². The number of aromatic nitrogens is 1. The van der Waals surface area contributed by atoms with Gasteiger partial charge in [-0.2, -0.15) is 17.5 Å². The van der Waals surface area contributed by atoms with E-state index in [9.17, 15) is 21.6 Å². The summed E-state index contributed by atoms with van der Waals surface area (Å²) in [5.41, 5.74) is -2.59. The lowest BCUT2D eigenvalue weighted by molar-refractivity contribution is -0.0494. The average Bonchev–Trinajstić information content (AvgIpc) is 2.97. The van der Waals surface area contributed by atoms with Crippen LogP contribution < -0.4 is 10.6 Å². The summed E-state index contributed by atoms with van der Waals surface area (Å²) < 4.78 is 61.2. The molecule has 2 heterocycles. The van der Waals surface area contributed by atoms with E-state index >= 15 is 0 Å². The van der Waals surface area contributed by atoms with Gasteiger partial charge < -0.3 is 10.6 Å². The minimum atomic E-state index is -5.25. The zero-order valence-corrected chi connectivity index (χ0v) is 16.1. The van der Waals surface area contributed by atoms with E-state index in [2.05, 4.69) is 20.6 Å². The van der Waals surface area contributed by atoms with E-state index in [1.54, 1.807) is 5.51 Å². The van der Waals surface area contributed by atoms with Crippen molar-refractivity contribution in [2.45, 2.75) is 44.8 Å². The Labute approximate surface area is 154 Å². The summed E-state index contributed by atoms with van der Waals surface area (Å²) in [4.78, 5) is 9.67. The van der Waals surface area contributed by atoms with Gasteiger partial charge in [0.2, 0.25) is 0 Å². The molecule has 0 bridgehead atoms. The largest absolute Gasteiger partial charge is 0.511 e. The lowest BCUT2D eigenvalue weighted by Crippen LogP contribution is -2.51. The molecule has 1 aliphatic rings. The van der Waals surface area contributed by atoms with E-state index in [0.717, 1.165) is 10.6 Å². The van der Waals surface area contributed by atoms with E-state index < -0.39 is 15.5 Å². The van der Waals surface area contributed by atoms with E-state index in [0.29, 0.717) is 23.4 Å². The fourth-order valence-corrected chi connectivity index (χ4v) is 4.21. The summed E-state index contributed by atoms with van der Waals surface area (Å²) in [5.74, 6) is 0.553. The number of hydrogen-bond donors (Lipinski definition) is 2. The maximum absolute atomic E-state index is 12.6. The Bertz CT molecular complexity index is 725. The van der Waals surface area contributed by atoms with Crippen LogP contribution in [0.25, 0.3) is 0 Å². The number of piperidine rings is 1. The van der Waals surface area contributed by atoms with Crippen molar-refractivity contribution in [2.24, 2.45) is 4.99 Å². The third-order valence-electron chi connectivity index (χ3n) is 4.00. The first kappa shape index (κ1) is 20.9. The van der Waals surface area contributed by atoms with Crippen molar-refractivity contribution < 1.29 is 21.6 Å². The van der Waals surface area contributed by atoms with Crippen LogP contribution in [0.4, 0.5) is 13.2 Å². The molecule has 2 rings (SSSR count). The number of nitrogens with one attached hydrogen (secondary N) is 2. The Morgan fingerprint density at radius 2 is 2.08 bits per heavy atom. The maximum atomic E-state index is 12.6. The summed E-state index contributed by atoms with van der Waals surface area (Å²) >= 11 is 1.51. The van der Waals surface area contributed by atoms with Crippen molar-refractivity contribution in [2.75, 3.05) is 19.6 Å². The first-order valence-electron chi connectivity index (χ1n) is 8.15. The molecule has 7 nitrogen and oxygen atoms in total. The van der Waals surface area contributed by atoms with Gasteiger partial charge in [-0.1, -0.05) is 0 Å². The first-order chi connectivity index (χ1) is 12.1. The number of nitrogens with zero attached hydrogens (tertiary/aromatic N) is 3. The molecule has 0 saturated carbocycles. The maximum Gasteiger partial charge on any atom is 0.511 e. The highest BCUT2D eigenvalue weighted by atomic mass is 32.2. The zero-order chi connectivity index (χ0) is 19.4. The summed E-state index contributed by atoms with van der Waals surface area (Å²) in [6, 6.07) is -0.143. The number of hydrogen-bond acceptors (Lipinski definition) is 5. The first-order valence-corrected chi connectivity index (χ1v) is 10.5. The summed E-state index contributed by atoms with van der Waals surface area (Å²) in [5, 5.41) is 6.26. The molecule has 0 amide bonds. The van der Waals surface area contributed by atoms with Crippen LogP contribution in [0.2, 0.25) is 0 Å². The molecular weight excluding hydrogens is 391 g/mol. The second-order valence-electron chi connectivity index (χ2n) is 5.82. The lowest BCUT2D eigenvalue weighted by atomic mass is 10.1. The van der Waals surface area contributed by atoms with Crippen molar-refractivity contribution in [3.8, 4) is 0 Å². The van der Waals surface area contributed by atoms with Crippen LogP contribution in [0.3, 0.4) is 0 Å². The molecule has 1 saturated heterocycles. The molecule has 0 aromatic carbocycles. The summed E-state index contributed by atoms with van der Waals surface area (Å²) in [6.45, 7) is 4.55. The molecule has 1 aliphatic heterocycles. The standard InChI is InChI=1S/C14H22F3N5O2S2/c1-3-18-13(19-8-12-10(2)20-9-25-12)21-11-4-6-22(7-5-11)26(23,24)14(15,16)17/h9,11H,3-8H2,1-2H3,(H2,18,19,21). The number of thiazole rings is 1. The van der Waals surface area contributed by atoms with Gasteiger partial charge in [0.25, 0.3) is 0 Å². The van der Waals surface area contributed by atoms with Gasteiger partial charge in [-0.3, -0.25) is 0 Å². The number of rotatable bonds is 5. The Morgan fingerprint density at radius 3 is 2.58 bits per heavy atom. The van der Waals surface area contributed by atoms with Gasteiger partial charge in [0.15, 0.2) is 5.96 Å². The average molecular weight is 413 g/mol. The number of alkyl halides is 3. The van der Waals surface area contributed by atoms with Gasteiger partial charge >= 0.3 is 15.5 Å². The predicted octanol–water partition coefficient (Wildman–Crippen LogP) is 1.82. The SMILES string of the molecule is CCNC(=NCc1scnc1C)NC1CCN(S(=O)(=O)C(F)(F)F)CC1. The number of aryl methyl sites for hydroxylation is 1. The second kappa shape index (κ2) is 8.53. The quantitative estimate of drug-likeness (QED) is 0.568. The molecule has 12 heteroatoms. The van der Waals surface area contributed by atoms with Crippen molar-refractivity contribution in [1.29, 1.82) is 0 Å². The van der Waals surface area contributed by atoms with E-state index in [1.165, 1.54) is 11.3 Å². The van der Waals surface area contributed by atoms with Gasteiger partial charge in [-0.15, -0.1) is 11.3 Å². The molecule has 1 fully saturated rings. The van der Waals surface area contributed by atoms with Gasteiger partial charge in [0.05, 0.1) is 17.7 Å². The normalized spacial score (nSPS) is 18.1. The van der Waals surface area contributed by atoms with E-state index in [1.807, 2.05) is 13.8 Å². The number of sulfonamides is 1. The second-order valence-corrected chi connectivity index (χ2v) is 8.69. The third-order valence-corrected chi connectivity index (χ3v) is 6.55. The molecule has 0 radical (unpaired) electrons. The third kappa shape index (κ3) is 5.07. The highest BCUT2D eigenvalue weighted by Gasteiger charge is 2.50. The van der Waals surface area contributed by atoms with E-state index in [4.69, 9.17) is 0 Å². The number of guanidine groups is 1. The highest BCUT2D eigenvalue weighted by molar-refractivity contribution is 7.90. The van der Waals surface area contributed by atoms with Crippen molar-refractivity contribution in [3.05, 3.63) is 16.1 Å². The molecule has 0 atom stereocenters. The van der Waals surface area contributed by atoms with Gasteiger partial charge in [0.1, 0.15) is 0 Å². The smallest absolute Gasteiger partial charge is 0.357 e. The lowest BCUT2D eigenvalue weighted by Gasteiger charge is -2.32. The zero-order valence-electron chi connectivity index (χ0n) is 14.5. The summed E-state index contributed by atoms with van der Waals surface area (Å²) in [7, 11) is -5.25. The molecule has 26 heavy (non-hydrogen) atoms. The van der Waals surface area contributed by atoms with Gasteiger partial charge in [-0.05, 0) is 26.7 Å². The predicted molar refractivity (Wildman–Crippen MR) is 94.4 cm³/mol. The van der Waals surface area contributed by atoms with Crippen LogP contribution in [-0.2, 0) is 16.6 Å². The molecule has 0 aliphatic carbocycles. The van der Waals surface area contributed by atoms with Crippen LogP contribution in [0.1, 0.15) is 30.3 Å². The monoisotopic (exact) mass is 413 g/mol. The molecule has 148 valence electrons. The molecular formula is C14H22F3N5O2S2. The fourth-order valence-electron chi connectivity index (χ4n) is 2.53. The number of halogens is 3. The van der Waals surface area contributed by atoms with Crippen molar-refractivity contribution >= 4 is 27.3 Å². The summed E-state index contributed by atoms with van der Waals surface area (Å²) in [6.07, 6.45) is 0.554.